The van der Waals surface area contributed by atoms with Gasteiger partial charge in [-0.05, 0) is 49.9 Å². The SMILES string of the molecule is C=CCCCCOc1cnc(-c2ccc(O[C@]3(C)O[C@H]3CCCC)cc2)nc1. The first kappa shape index (κ1) is 20.3. The van der Waals surface area contributed by atoms with Crippen LogP contribution in [0.3, 0.4) is 0 Å². The largest absolute Gasteiger partial charge is 0.490 e. The maximum Gasteiger partial charge on any atom is 0.234 e. The van der Waals surface area contributed by atoms with Crippen molar-refractivity contribution in [1.82, 2.24) is 9.97 Å². The molecule has 0 aliphatic carbocycles. The third-order valence-electron chi connectivity index (χ3n) is 4.86. The van der Waals surface area contributed by atoms with Gasteiger partial charge < -0.3 is 14.2 Å². The molecule has 28 heavy (non-hydrogen) atoms. The molecule has 0 spiro atoms. The second-order valence-corrected chi connectivity index (χ2v) is 7.27. The van der Waals surface area contributed by atoms with E-state index >= 15 is 0 Å². The summed E-state index contributed by atoms with van der Waals surface area (Å²) in [7, 11) is 0. The van der Waals surface area contributed by atoms with Gasteiger partial charge in [-0.1, -0.05) is 25.8 Å². The molecule has 0 saturated carbocycles. The van der Waals surface area contributed by atoms with Gasteiger partial charge in [0.15, 0.2) is 11.6 Å². The molecule has 1 aliphatic rings. The van der Waals surface area contributed by atoms with Crippen LogP contribution in [0.15, 0.2) is 49.3 Å². The molecule has 2 heterocycles. The Morgan fingerprint density at radius 2 is 1.86 bits per heavy atom. The van der Waals surface area contributed by atoms with Crippen molar-refractivity contribution in [1.29, 1.82) is 0 Å². The van der Waals surface area contributed by atoms with Crippen LogP contribution in [0.4, 0.5) is 0 Å². The Kier molecular flexibility index (Phi) is 7.04. The monoisotopic (exact) mass is 382 g/mol. The van der Waals surface area contributed by atoms with E-state index in [9.17, 15) is 0 Å². The number of epoxide rings is 1. The van der Waals surface area contributed by atoms with Gasteiger partial charge in [-0.3, -0.25) is 0 Å². The third kappa shape index (κ3) is 5.55. The van der Waals surface area contributed by atoms with Crippen LogP contribution in [0.2, 0.25) is 0 Å². The maximum absolute atomic E-state index is 6.02. The van der Waals surface area contributed by atoms with E-state index in [4.69, 9.17) is 14.2 Å². The van der Waals surface area contributed by atoms with E-state index in [1.807, 2.05) is 37.3 Å². The van der Waals surface area contributed by atoms with Gasteiger partial charge in [0, 0.05) is 12.5 Å². The van der Waals surface area contributed by atoms with E-state index in [1.54, 1.807) is 12.4 Å². The predicted molar refractivity (Wildman–Crippen MR) is 110 cm³/mol. The van der Waals surface area contributed by atoms with Gasteiger partial charge in [-0.2, -0.15) is 0 Å². The standard InChI is InChI=1S/C23H30N2O3/c1-4-6-8-9-15-26-20-16-24-22(25-17-20)18-11-13-19(14-12-18)27-23(3)21(28-23)10-7-5-2/h4,11-14,16-17,21H,1,5-10,15H2,2-3H3/t21-,23+/m0/s1. The lowest BCUT2D eigenvalue weighted by Gasteiger charge is -2.11. The topological polar surface area (TPSA) is 56.8 Å². The molecular weight excluding hydrogens is 352 g/mol. The number of rotatable bonds is 12. The Morgan fingerprint density at radius 1 is 1.11 bits per heavy atom. The Labute approximate surface area is 167 Å². The molecule has 1 fully saturated rings. The molecular formula is C23H30N2O3. The first-order valence-corrected chi connectivity index (χ1v) is 10.2. The van der Waals surface area contributed by atoms with Crippen LogP contribution >= 0.6 is 0 Å². The fraction of sp³-hybridized carbons (Fsp3) is 0.478. The lowest BCUT2D eigenvalue weighted by Crippen LogP contribution is -2.18. The molecule has 2 atom stereocenters. The minimum atomic E-state index is -0.488. The summed E-state index contributed by atoms with van der Waals surface area (Å²) < 4.78 is 17.4. The van der Waals surface area contributed by atoms with E-state index < -0.39 is 5.79 Å². The van der Waals surface area contributed by atoms with E-state index in [0.717, 1.165) is 43.4 Å². The summed E-state index contributed by atoms with van der Waals surface area (Å²) in [6, 6.07) is 7.81. The summed E-state index contributed by atoms with van der Waals surface area (Å²) in [5.74, 6) is 1.67. The van der Waals surface area contributed by atoms with E-state index in [-0.39, 0.29) is 6.10 Å². The second-order valence-electron chi connectivity index (χ2n) is 7.27. The van der Waals surface area contributed by atoms with E-state index in [0.29, 0.717) is 18.2 Å². The van der Waals surface area contributed by atoms with Crippen LogP contribution < -0.4 is 9.47 Å². The molecule has 5 heteroatoms. The lowest BCUT2D eigenvalue weighted by atomic mass is 10.1. The number of benzene rings is 1. The van der Waals surface area contributed by atoms with Gasteiger partial charge in [-0.15, -0.1) is 6.58 Å². The average molecular weight is 383 g/mol. The highest BCUT2D eigenvalue weighted by Crippen LogP contribution is 2.41. The summed E-state index contributed by atoms with van der Waals surface area (Å²) in [4.78, 5) is 8.82. The van der Waals surface area contributed by atoms with Gasteiger partial charge in [0.25, 0.3) is 0 Å². The highest BCUT2D eigenvalue weighted by molar-refractivity contribution is 5.56. The number of ether oxygens (including phenoxy) is 3. The minimum absolute atomic E-state index is 0.194. The summed E-state index contributed by atoms with van der Waals surface area (Å²) >= 11 is 0. The van der Waals surface area contributed by atoms with E-state index in [2.05, 4.69) is 23.5 Å². The summed E-state index contributed by atoms with van der Waals surface area (Å²) in [5, 5.41) is 0. The van der Waals surface area contributed by atoms with Crippen LogP contribution in [-0.2, 0) is 4.74 Å². The van der Waals surface area contributed by atoms with Crippen molar-refractivity contribution in [2.75, 3.05) is 6.61 Å². The van der Waals surface area contributed by atoms with Gasteiger partial charge in [0.1, 0.15) is 11.9 Å². The molecule has 3 rings (SSSR count). The van der Waals surface area contributed by atoms with Gasteiger partial charge in [0.2, 0.25) is 5.79 Å². The Bertz CT molecular complexity index is 745. The maximum atomic E-state index is 6.02. The van der Waals surface area contributed by atoms with Crippen molar-refractivity contribution >= 4 is 0 Å². The Balaban J connectivity index is 1.50. The van der Waals surface area contributed by atoms with Crippen molar-refractivity contribution < 1.29 is 14.2 Å². The quantitative estimate of drug-likeness (QED) is 0.273. The minimum Gasteiger partial charge on any atom is -0.490 e. The first-order chi connectivity index (χ1) is 13.6. The van der Waals surface area contributed by atoms with Crippen LogP contribution in [0, 0.1) is 0 Å². The Hall–Kier alpha value is -2.40. The van der Waals surface area contributed by atoms with Crippen molar-refractivity contribution in [2.45, 2.75) is 64.3 Å². The number of allylic oxidation sites excluding steroid dienone is 1. The summed E-state index contributed by atoms with van der Waals surface area (Å²) in [5.41, 5.74) is 0.939. The fourth-order valence-corrected chi connectivity index (χ4v) is 3.08. The molecule has 0 bridgehead atoms. The van der Waals surface area contributed by atoms with Crippen LogP contribution in [0.25, 0.3) is 11.4 Å². The summed E-state index contributed by atoms with van der Waals surface area (Å²) in [6.07, 6.45) is 12.0. The highest BCUT2D eigenvalue weighted by atomic mass is 16.8. The molecule has 150 valence electrons. The number of hydrogen-bond donors (Lipinski definition) is 0. The van der Waals surface area contributed by atoms with Crippen molar-refractivity contribution in [3.05, 3.63) is 49.3 Å². The highest BCUT2D eigenvalue weighted by Gasteiger charge is 2.54. The predicted octanol–water partition coefficient (Wildman–Crippen LogP) is 5.56. The third-order valence-corrected chi connectivity index (χ3v) is 4.86. The zero-order valence-corrected chi connectivity index (χ0v) is 16.9. The van der Waals surface area contributed by atoms with Crippen LogP contribution in [0.1, 0.15) is 52.4 Å². The van der Waals surface area contributed by atoms with Crippen LogP contribution in [0.5, 0.6) is 11.5 Å². The summed E-state index contributed by atoms with van der Waals surface area (Å²) in [6.45, 7) is 8.57. The fourth-order valence-electron chi connectivity index (χ4n) is 3.08. The molecule has 0 N–H and O–H groups in total. The molecule has 2 aromatic rings. The van der Waals surface area contributed by atoms with E-state index in [1.165, 1.54) is 6.42 Å². The average Bonchev–Trinajstić information content (AvgIpc) is 3.36. The zero-order chi connectivity index (χ0) is 19.8. The second kappa shape index (κ2) is 9.69. The van der Waals surface area contributed by atoms with Crippen molar-refractivity contribution in [3.63, 3.8) is 0 Å². The smallest absolute Gasteiger partial charge is 0.234 e. The number of hydrogen-bond acceptors (Lipinski definition) is 5. The molecule has 5 nitrogen and oxygen atoms in total. The van der Waals surface area contributed by atoms with Gasteiger partial charge in [0.05, 0.1) is 19.0 Å². The molecule has 1 saturated heterocycles. The number of unbranched alkanes of at least 4 members (excludes halogenated alkanes) is 3. The molecule has 1 aromatic carbocycles. The number of nitrogens with zero attached hydrogens (tertiary/aromatic N) is 2. The first-order valence-electron chi connectivity index (χ1n) is 10.2. The zero-order valence-electron chi connectivity index (χ0n) is 16.9. The molecule has 1 aliphatic heterocycles. The molecule has 0 unspecified atom stereocenters. The van der Waals surface area contributed by atoms with Gasteiger partial charge in [-0.25, -0.2) is 9.97 Å². The van der Waals surface area contributed by atoms with Crippen LogP contribution in [-0.4, -0.2) is 28.5 Å². The van der Waals surface area contributed by atoms with Crippen molar-refractivity contribution in [3.8, 4) is 22.9 Å². The molecule has 0 radical (unpaired) electrons. The van der Waals surface area contributed by atoms with Crippen molar-refractivity contribution in [2.24, 2.45) is 0 Å². The van der Waals surface area contributed by atoms with Gasteiger partial charge >= 0.3 is 0 Å². The Morgan fingerprint density at radius 3 is 2.54 bits per heavy atom. The number of aromatic nitrogens is 2. The lowest BCUT2D eigenvalue weighted by molar-refractivity contribution is 0.0803. The molecule has 0 amide bonds. The normalized spacial score (nSPS) is 20.6. The molecule has 1 aromatic heterocycles.